The summed E-state index contributed by atoms with van der Waals surface area (Å²) in [5.74, 6) is 1.38. The van der Waals surface area contributed by atoms with Gasteiger partial charge in [0.15, 0.2) is 11.5 Å². The van der Waals surface area contributed by atoms with Gasteiger partial charge in [0.25, 0.3) is 11.1 Å². The Labute approximate surface area is 204 Å². The molecule has 7 nitrogen and oxygen atoms in total. The Bertz CT molecular complexity index is 1720. The van der Waals surface area contributed by atoms with Crippen LogP contribution in [-0.4, -0.2) is 27.3 Å². The van der Waals surface area contributed by atoms with Gasteiger partial charge in [0.05, 0.1) is 34.9 Å². The molecular formula is C27H20ClN3O4. The number of hydrogen-bond acceptors (Lipinski definition) is 5. The quantitative estimate of drug-likeness (QED) is 0.356. The highest BCUT2D eigenvalue weighted by atomic mass is 35.5. The van der Waals surface area contributed by atoms with Gasteiger partial charge < -0.3 is 18.6 Å². The molecule has 0 N–H and O–H groups in total. The Balaban J connectivity index is 1.40. The highest BCUT2D eigenvalue weighted by Gasteiger charge is 2.14. The van der Waals surface area contributed by atoms with E-state index >= 15 is 0 Å². The van der Waals surface area contributed by atoms with Gasteiger partial charge >= 0.3 is 0 Å². The summed E-state index contributed by atoms with van der Waals surface area (Å²) >= 11 is 6.28. The highest BCUT2D eigenvalue weighted by molar-refractivity contribution is 6.31. The molecule has 0 aliphatic carbocycles. The lowest BCUT2D eigenvalue weighted by Crippen LogP contribution is -2.23. The third-order valence-electron chi connectivity index (χ3n) is 6.15. The van der Waals surface area contributed by atoms with Gasteiger partial charge in [-0.25, -0.2) is 4.98 Å². The summed E-state index contributed by atoms with van der Waals surface area (Å²) in [7, 11) is 0. The first kappa shape index (κ1) is 21.4. The van der Waals surface area contributed by atoms with Gasteiger partial charge in [0.1, 0.15) is 13.2 Å². The van der Waals surface area contributed by atoms with Crippen molar-refractivity contribution in [1.29, 1.82) is 0 Å². The molecule has 6 rings (SSSR count). The topological polar surface area (TPSA) is 75.4 Å². The predicted octanol–water partition coefficient (Wildman–Crippen LogP) is 4.23. The van der Waals surface area contributed by atoms with Gasteiger partial charge in [-0.15, -0.1) is 0 Å². The van der Waals surface area contributed by atoms with Crippen LogP contribution in [0.1, 0.15) is 11.1 Å². The fourth-order valence-electron chi connectivity index (χ4n) is 4.35. The maximum atomic E-state index is 13.3. The van der Waals surface area contributed by atoms with Crippen LogP contribution in [0.5, 0.6) is 11.5 Å². The second kappa shape index (κ2) is 8.60. The van der Waals surface area contributed by atoms with Gasteiger partial charge in [-0.05, 0) is 47.5 Å². The summed E-state index contributed by atoms with van der Waals surface area (Å²) in [5.41, 5.74) is 2.40. The lowest BCUT2D eigenvalue weighted by molar-refractivity contribution is 0.171. The van der Waals surface area contributed by atoms with Crippen LogP contribution in [0.3, 0.4) is 0 Å². The molecule has 35 heavy (non-hydrogen) atoms. The molecule has 0 atom stereocenters. The van der Waals surface area contributed by atoms with Gasteiger partial charge in [-0.3, -0.25) is 9.59 Å². The number of ether oxygens (including phenoxy) is 2. The van der Waals surface area contributed by atoms with Gasteiger partial charge in [-0.2, -0.15) is 0 Å². The first-order valence-corrected chi connectivity index (χ1v) is 11.6. The van der Waals surface area contributed by atoms with E-state index in [0.29, 0.717) is 64.6 Å². The monoisotopic (exact) mass is 485 g/mol. The lowest BCUT2D eigenvalue weighted by Gasteiger charge is -2.19. The Morgan fingerprint density at radius 1 is 0.771 bits per heavy atom. The van der Waals surface area contributed by atoms with E-state index in [1.165, 1.54) is 0 Å². The molecule has 0 bridgehead atoms. The van der Waals surface area contributed by atoms with E-state index in [2.05, 4.69) is 4.98 Å². The van der Waals surface area contributed by atoms with Crippen molar-refractivity contribution in [3.05, 3.63) is 110 Å². The Hall–Kier alpha value is -4.10. The van der Waals surface area contributed by atoms with Crippen LogP contribution in [0.4, 0.5) is 0 Å². The average molecular weight is 486 g/mol. The summed E-state index contributed by atoms with van der Waals surface area (Å²) in [6, 6.07) is 18.3. The lowest BCUT2D eigenvalue weighted by atomic mass is 10.1. The van der Waals surface area contributed by atoms with E-state index in [-0.39, 0.29) is 11.1 Å². The number of benzene rings is 2. The molecule has 8 heteroatoms. The largest absolute Gasteiger partial charge is 0.486 e. The van der Waals surface area contributed by atoms with Crippen molar-refractivity contribution in [3.63, 3.8) is 0 Å². The van der Waals surface area contributed by atoms with Crippen LogP contribution in [0.15, 0.2) is 82.6 Å². The zero-order valence-electron chi connectivity index (χ0n) is 18.6. The van der Waals surface area contributed by atoms with Crippen LogP contribution in [0, 0.1) is 0 Å². The van der Waals surface area contributed by atoms with Gasteiger partial charge in [0, 0.05) is 17.4 Å². The maximum absolute atomic E-state index is 13.3. The molecule has 174 valence electrons. The van der Waals surface area contributed by atoms with Crippen LogP contribution >= 0.6 is 11.6 Å². The molecule has 0 saturated heterocycles. The molecule has 1 aliphatic heterocycles. The number of rotatable bonds is 4. The average Bonchev–Trinajstić information content (AvgIpc) is 2.88. The molecule has 3 aromatic heterocycles. The van der Waals surface area contributed by atoms with Gasteiger partial charge in [0.2, 0.25) is 0 Å². The van der Waals surface area contributed by atoms with E-state index in [4.69, 9.17) is 21.1 Å². The minimum absolute atomic E-state index is 0.215. The fraction of sp³-hybridized carbons (Fsp3) is 0.148. The zero-order chi connectivity index (χ0) is 23.9. The zero-order valence-corrected chi connectivity index (χ0v) is 19.4. The van der Waals surface area contributed by atoms with Crippen molar-refractivity contribution in [1.82, 2.24) is 14.1 Å². The molecule has 5 aromatic rings. The first-order chi connectivity index (χ1) is 17.1. The molecular weight excluding hydrogens is 466 g/mol. The summed E-state index contributed by atoms with van der Waals surface area (Å²) in [6.45, 7) is 1.71. The SMILES string of the molecule is O=c1c2cc3c(=O)n(Cc4ccccc4Cl)ccc3nc2ccn1Cc1ccc2c(c1)OCCO2. The summed E-state index contributed by atoms with van der Waals surface area (Å²) in [6.07, 6.45) is 3.43. The third kappa shape index (κ3) is 3.94. The normalized spacial score (nSPS) is 12.8. The molecule has 0 spiro atoms. The summed E-state index contributed by atoms with van der Waals surface area (Å²) < 4.78 is 14.4. The maximum Gasteiger partial charge on any atom is 0.260 e. The second-order valence-electron chi connectivity index (χ2n) is 8.42. The smallest absolute Gasteiger partial charge is 0.260 e. The molecule has 0 unspecified atom stereocenters. The summed E-state index contributed by atoms with van der Waals surface area (Å²) in [4.78, 5) is 31.2. The molecule has 4 heterocycles. The van der Waals surface area contributed by atoms with E-state index in [1.807, 2.05) is 36.4 Å². The molecule has 0 radical (unpaired) electrons. The number of aromatic nitrogens is 3. The minimum atomic E-state index is -0.224. The van der Waals surface area contributed by atoms with Crippen molar-refractivity contribution in [2.24, 2.45) is 0 Å². The molecule has 1 aliphatic rings. The van der Waals surface area contributed by atoms with Crippen LogP contribution in [-0.2, 0) is 13.1 Å². The van der Waals surface area contributed by atoms with E-state index in [0.717, 1.165) is 11.1 Å². The Morgan fingerprint density at radius 2 is 1.43 bits per heavy atom. The van der Waals surface area contributed by atoms with Crippen molar-refractivity contribution in [2.45, 2.75) is 13.1 Å². The molecule has 2 aromatic carbocycles. The number of pyridine rings is 3. The van der Waals surface area contributed by atoms with Crippen LogP contribution < -0.4 is 20.6 Å². The van der Waals surface area contributed by atoms with Gasteiger partial charge in [-0.1, -0.05) is 35.9 Å². The van der Waals surface area contributed by atoms with Crippen molar-refractivity contribution >= 4 is 33.4 Å². The van der Waals surface area contributed by atoms with E-state index in [1.54, 1.807) is 45.8 Å². The van der Waals surface area contributed by atoms with Crippen molar-refractivity contribution in [2.75, 3.05) is 13.2 Å². The minimum Gasteiger partial charge on any atom is -0.486 e. The predicted molar refractivity (Wildman–Crippen MR) is 135 cm³/mol. The van der Waals surface area contributed by atoms with Crippen LogP contribution in [0.2, 0.25) is 5.02 Å². The van der Waals surface area contributed by atoms with Crippen LogP contribution in [0.25, 0.3) is 21.8 Å². The second-order valence-corrected chi connectivity index (χ2v) is 8.83. The number of fused-ring (bicyclic) bond motifs is 3. The Kier molecular flexibility index (Phi) is 5.26. The van der Waals surface area contributed by atoms with Crippen molar-refractivity contribution in [3.8, 4) is 11.5 Å². The Morgan fingerprint density at radius 3 is 2.14 bits per heavy atom. The molecule has 0 saturated carbocycles. The first-order valence-electron chi connectivity index (χ1n) is 11.2. The van der Waals surface area contributed by atoms with E-state index < -0.39 is 0 Å². The summed E-state index contributed by atoms with van der Waals surface area (Å²) in [5, 5.41) is 1.38. The molecule has 0 fully saturated rings. The molecule has 0 amide bonds. The number of hydrogen-bond donors (Lipinski definition) is 0. The highest BCUT2D eigenvalue weighted by Crippen LogP contribution is 2.31. The number of halogens is 1. The van der Waals surface area contributed by atoms with Crippen molar-refractivity contribution < 1.29 is 9.47 Å². The third-order valence-corrected chi connectivity index (χ3v) is 6.52. The standard InChI is InChI=1S/C27H20ClN3O4/c28-21-4-2-1-3-18(21)16-31-10-8-23-20(27(31)33)14-19-22(29-23)7-9-30(26(19)32)15-17-5-6-24-25(13-17)35-12-11-34-24/h1-10,13-14H,11-12,15-16H2. The number of nitrogens with zero attached hydrogens (tertiary/aromatic N) is 3. The van der Waals surface area contributed by atoms with E-state index in [9.17, 15) is 9.59 Å². The fourth-order valence-corrected chi connectivity index (χ4v) is 4.54.